The number of carbonyl (C=O) groups excluding carboxylic acids is 1. The summed E-state index contributed by atoms with van der Waals surface area (Å²) in [6.45, 7) is 22.4. The summed E-state index contributed by atoms with van der Waals surface area (Å²) in [5.41, 5.74) is 2.86. The van der Waals surface area contributed by atoms with E-state index >= 15 is 0 Å². The predicted octanol–water partition coefficient (Wildman–Crippen LogP) is 10.6. The van der Waals surface area contributed by atoms with Crippen molar-refractivity contribution in [1.82, 2.24) is 3.80 Å². The summed E-state index contributed by atoms with van der Waals surface area (Å²) >= 11 is -2.26. The zero-order valence-corrected chi connectivity index (χ0v) is 29.7. The van der Waals surface area contributed by atoms with Gasteiger partial charge in [0.1, 0.15) is 0 Å². The molecule has 2 nitrogen and oxygen atoms in total. The second kappa shape index (κ2) is 14.3. The maximum absolute atomic E-state index is 13.3. The zero-order chi connectivity index (χ0) is 28.7. The van der Waals surface area contributed by atoms with Gasteiger partial charge >= 0.3 is 169 Å². The molecule has 4 rings (SSSR count). The summed E-state index contributed by atoms with van der Waals surface area (Å²) < 4.78 is 6.90. The second-order valence-corrected chi connectivity index (χ2v) is 31.3. The average molecular weight is 600 g/mol. The number of allylic oxidation sites excluding steroid dienone is 3. The van der Waals surface area contributed by atoms with Gasteiger partial charge in [-0.3, -0.25) is 0 Å². The zero-order valence-electron chi connectivity index (χ0n) is 26.1. The van der Waals surface area contributed by atoms with Crippen molar-refractivity contribution in [2.75, 3.05) is 0 Å². The molecule has 1 saturated carbocycles. The van der Waals surface area contributed by atoms with Crippen LogP contribution in [0.1, 0.15) is 86.0 Å². The molecule has 0 spiro atoms. The molecule has 1 aromatic carbocycles. The molecule has 39 heavy (non-hydrogen) atoms. The number of benzene rings is 1. The SMILES string of the molecule is C=C(C(=C)[Si](C)(C)C)[Si](C)(C)C.O=C([NH][Ti]1([CH]2C=Cc3ccccc32)[CH2][CH2]1)C1CCCCCCCCCCC1. The fraction of sp³-hybridized carbons (Fsp3) is 0.618. The molecule has 1 N–H and O–H groups in total. The molecule has 3 aliphatic rings. The molecule has 1 atom stereocenters. The first-order valence-corrected chi connectivity index (χ1v) is 26.7. The van der Waals surface area contributed by atoms with E-state index in [1.165, 1.54) is 88.8 Å². The minimum absolute atomic E-state index is 0.271. The van der Waals surface area contributed by atoms with Gasteiger partial charge in [0, 0.05) is 0 Å². The van der Waals surface area contributed by atoms with Gasteiger partial charge in [0.05, 0.1) is 16.1 Å². The number of rotatable bonds is 6. The fourth-order valence-electron chi connectivity index (χ4n) is 6.06. The Morgan fingerprint density at radius 2 is 1.23 bits per heavy atom. The molecule has 2 fully saturated rings. The first-order valence-electron chi connectivity index (χ1n) is 15.8. The van der Waals surface area contributed by atoms with Crippen LogP contribution in [-0.2, 0) is 21.6 Å². The van der Waals surface area contributed by atoms with Crippen molar-refractivity contribution in [2.24, 2.45) is 5.92 Å². The molecular formula is C34H57NOSi2Ti. The molecule has 0 aromatic heterocycles. The number of hydrogen-bond acceptors (Lipinski definition) is 1. The van der Waals surface area contributed by atoms with Crippen LogP contribution in [0, 0.1) is 5.92 Å². The Morgan fingerprint density at radius 1 is 0.769 bits per heavy atom. The van der Waals surface area contributed by atoms with Crippen LogP contribution < -0.4 is 3.80 Å². The van der Waals surface area contributed by atoms with Crippen LogP contribution >= 0.6 is 0 Å². The monoisotopic (exact) mass is 599 g/mol. The molecule has 5 heteroatoms. The summed E-state index contributed by atoms with van der Waals surface area (Å²) in [7, 11) is -2.39. The molecule has 1 aromatic rings. The summed E-state index contributed by atoms with van der Waals surface area (Å²) in [6.07, 6.45) is 18.9. The van der Waals surface area contributed by atoms with Crippen LogP contribution in [0.15, 0.2) is 53.9 Å². The standard InChI is InChI=1S/C13H25NO.C10H22Si2.C9H7.C2H4.Ti/c14-13(15)12-10-8-6-4-2-1-3-5-7-9-11-12;1-9(11(3,4)5)10(2)12(6,7)8;1-2-5-9-7-3-6-8(9)4-1;1-2;/h12H,1-11H2,(H2,14,15);1-2H2,3-8H3;1-7H;1-2H2;/q;;;;+1/p-1. The van der Waals surface area contributed by atoms with Crippen molar-refractivity contribution in [3.05, 3.63) is 65.0 Å². The Bertz CT molecular complexity index is 992. The van der Waals surface area contributed by atoms with Crippen LogP contribution in [0.25, 0.3) is 6.08 Å². The third-order valence-electron chi connectivity index (χ3n) is 9.21. The molecule has 1 saturated heterocycles. The molecule has 1 heterocycles. The molecule has 0 radical (unpaired) electrons. The Labute approximate surface area is 246 Å². The van der Waals surface area contributed by atoms with Gasteiger partial charge in [0.25, 0.3) is 0 Å². The van der Waals surface area contributed by atoms with Gasteiger partial charge in [-0.1, -0.05) is 62.8 Å². The number of hydrogen-bond donors (Lipinski definition) is 1. The van der Waals surface area contributed by atoms with E-state index < -0.39 is 33.0 Å². The van der Waals surface area contributed by atoms with E-state index in [9.17, 15) is 4.79 Å². The van der Waals surface area contributed by atoms with Gasteiger partial charge < -0.3 is 0 Å². The summed E-state index contributed by atoms with van der Waals surface area (Å²) in [4.78, 5) is 13.3. The summed E-state index contributed by atoms with van der Waals surface area (Å²) in [5.74, 6) is 0.690. The summed E-state index contributed by atoms with van der Waals surface area (Å²) in [5, 5.41) is 2.73. The van der Waals surface area contributed by atoms with E-state index in [0.717, 1.165) is 12.8 Å². The van der Waals surface area contributed by atoms with Crippen molar-refractivity contribution in [1.29, 1.82) is 0 Å². The molecule has 2 aliphatic carbocycles. The molecule has 1 aliphatic heterocycles. The Balaban J connectivity index is 0.000000298. The predicted molar refractivity (Wildman–Crippen MR) is 175 cm³/mol. The Morgan fingerprint density at radius 3 is 1.69 bits per heavy atom. The van der Waals surface area contributed by atoms with Crippen molar-refractivity contribution < 1.29 is 21.6 Å². The van der Waals surface area contributed by atoms with E-state index in [1.54, 1.807) is 0 Å². The minimum atomic E-state index is -2.26. The maximum atomic E-state index is 13.3. The number of fused-ring (bicyclic) bond motifs is 1. The van der Waals surface area contributed by atoms with E-state index in [-0.39, 0.29) is 5.92 Å². The average Bonchev–Trinajstić information content (AvgIpc) is 3.50. The fourth-order valence-corrected chi connectivity index (χ4v) is 17.0. The van der Waals surface area contributed by atoms with E-state index in [0.29, 0.717) is 10.1 Å². The van der Waals surface area contributed by atoms with Gasteiger partial charge in [0.2, 0.25) is 0 Å². The molecular weight excluding hydrogens is 542 g/mol. The summed E-state index contributed by atoms with van der Waals surface area (Å²) in [6, 6.07) is 8.79. The second-order valence-electron chi connectivity index (χ2n) is 14.5. The van der Waals surface area contributed by atoms with Crippen molar-refractivity contribution in [2.45, 2.75) is 124 Å². The third-order valence-corrected chi connectivity index (χ3v) is 20.0. The molecule has 0 bridgehead atoms. The topological polar surface area (TPSA) is 29.1 Å². The van der Waals surface area contributed by atoms with Crippen molar-refractivity contribution >= 4 is 28.1 Å². The van der Waals surface area contributed by atoms with E-state index in [1.807, 2.05) is 0 Å². The van der Waals surface area contributed by atoms with Crippen LogP contribution in [-0.4, -0.2) is 22.1 Å². The van der Waals surface area contributed by atoms with Gasteiger partial charge in [0.15, 0.2) is 0 Å². The van der Waals surface area contributed by atoms with Crippen LogP contribution in [0.5, 0.6) is 0 Å². The number of amides is 1. The normalized spacial score (nSPS) is 21.8. The first kappa shape index (κ1) is 32.6. The van der Waals surface area contributed by atoms with Gasteiger partial charge in [-0.2, -0.15) is 0 Å². The van der Waals surface area contributed by atoms with Crippen LogP contribution in [0.4, 0.5) is 0 Å². The van der Waals surface area contributed by atoms with Gasteiger partial charge in [-0.25, -0.2) is 0 Å². The molecule has 1 unspecified atom stereocenters. The quantitative estimate of drug-likeness (QED) is 0.256. The number of carbonyl (C=O) groups is 1. The van der Waals surface area contributed by atoms with E-state index in [4.69, 9.17) is 0 Å². The van der Waals surface area contributed by atoms with E-state index in [2.05, 4.69) is 92.7 Å². The van der Waals surface area contributed by atoms with Crippen molar-refractivity contribution in [3.8, 4) is 0 Å². The van der Waals surface area contributed by atoms with Crippen LogP contribution in [0.2, 0.25) is 48.7 Å². The van der Waals surface area contributed by atoms with Crippen LogP contribution in [0.3, 0.4) is 0 Å². The Kier molecular flexibility index (Phi) is 11.9. The molecule has 1 amide bonds. The number of nitrogens with one attached hydrogen (secondary N) is 1. The Hall–Kier alpha value is -0.942. The first-order chi connectivity index (χ1) is 18.3. The third kappa shape index (κ3) is 9.55. The van der Waals surface area contributed by atoms with Gasteiger partial charge in [-0.15, -0.1) is 0 Å². The van der Waals surface area contributed by atoms with Gasteiger partial charge in [-0.05, 0) is 0 Å². The van der Waals surface area contributed by atoms with Crippen molar-refractivity contribution in [3.63, 3.8) is 0 Å². The molecule has 216 valence electrons.